The first-order chi connectivity index (χ1) is 22.7. The lowest BCUT2D eigenvalue weighted by Crippen LogP contribution is -2.45. The maximum absolute atomic E-state index is 15.9. The molecule has 1 aliphatic heterocycles. The Bertz CT molecular complexity index is 1570. The largest absolute Gasteiger partial charge is 0.453 e. The molecule has 0 aromatic carbocycles. The van der Waals surface area contributed by atoms with Gasteiger partial charge in [-0.15, -0.1) is 11.6 Å². The van der Waals surface area contributed by atoms with Gasteiger partial charge in [-0.25, -0.2) is 14.2 Å². The third-order valence-electron chi connectivity index (χ3n) is 9.45. The Morgan fingerprint density at radius 2 is 2.08 bits per heavy atom. The van der Waals surface area contributed by atoms with Gasteiger partial charge in [-0.3, -0.25) is 19.9 Å². The molecule has 5 unspecified atom stereocenters. The smallest absolute Gasteiger partial charge is 0.411 e. The number of hydrazone groups is 1. The van der Waals surface area contributed by atoms with Gasteiger partial charge >= 0.3 is 6.09 Å². The normalized spacial score (nSPS) is 28.5. The Kier molecular flexibility index (Phi) is 11.5. The summed E-state index contributed by atoms with van der Waals surface area (Å²) in [7, 11) is 1.28. The number of rotatable bonds is 7. The van der Waals surface area contributed by atoms with Crippen LogP contribution in [0.5, 0.6) is 0 Å². The summed E-state index contributed by atoms with van der Waals surface area (Å²) in [4.78, 5) is 42.1. The Balaban J connectivity index is 1.62. The number of carbonyl (C=O) groups excluding carboxylic acids is 3. The third kappa shape index (κ3) is 7.98. The predicted octanol–water partition coefficient (Wildman–Crippen LogP) is 5.36. The van der Waals surface area contributed by atoms with Crippen LogP contribution in [0.3, 0.4) is 0 Å². The van der Waals surface area contributed by atoms with E-state index in [1.807, 2.05) is 45.1 Å². The van der Waals surface area contributed by atoms with Crippen molar-refractivity contribution in [3.05, 3.63) is 89.3 Å². The molecule has 2 aliphatic carbocycles. The second kappa shape index (κ2) is 15.2. The van der Waals surface area contributed by atoms with Crippen molar-refractivity contribution in [3.8, 4) is 0 Å². The number of carbonyl (C=O) groups is 3. The minimum absolute atomic E-state index is 0.0819. The van der Waals surface area contributed by atoms with Gasteiger partial charge in [0.15, 0.2) is 6.17 Å². The topological polar surface area (TPSA) is 151 Å². The van der Waals surface area contributed by atoms with E-state index in [0.29, 0.717) is 37.1 Å². The van der Waals surface area contributed by atoms with Crippen molar-refractivity contribution >= 4 is 36.2 Å². The number of hydrogen-bond acceptors (Lipinski definition) is 8. The van der Waals surface area contributed by atoms with E-state index in [1.54, 1.807) is 31.3 Å². The molecular formula is C35H45ClFN7O4. The van der Waals surface area contributed by atoms with E-state index < -0.39 is 40.5 Å². The number of allylic oxidation sites excluding steroid dienone is 5. The van der Waals surface area contributed by atoms with E-state index in [-0.39, 0.29) is 29.1 Å². The number of amides is 3. The molecule has 0 fully saturated rings. The summed E-state index contributed by atoms with van der Waals surface area (Å²) in [6.45, 7) is 10.8. The van der Waals surface area contributed by atoms with Gasteiger partial charge in [-0.1, -0.05) is 45.4 Å². The monoisotopic (exact) mass is 681 g/mol. The quantitative estimate of drug-likeness (QED) is 0.131. The van der Waals surface area contributed by atoms with Crippen LogP contribution in [0.4, 0.5) is 9.18 Å². The summed E-state index contributed by atoms with van der Waals surface area (Å²) in [5.74, 6) is -1.25. The van der Waals surface area contributed by atoms with Crippen LogP contribution < -0.4 is 21.7 Å². The van der Waals surface area contributed by atoms with Crippen LogP contribution in [0.1, 0.15) is 76.6 Å². The first-order valence-electron chi connectivity index (χ1n) is 16.0. The zero-order valence-corrected chi connectivity index (χ0v) is 28.8. The van der Waals surface area contributed by atoms with Gasteiger partial charge in [0.1, 0.15) is 5.70 Å². The molecular weight excluding hydrogens is 637 g/mol. The lowest BCUT2D eigenvalue weighted by Gasteiger charge is -2.40. The molecule has 1 aromatic rings. The van der Waals surface area contributed by atoms with Crippen LogP contribution in [-0.4, -0.2) is 58.8 Å². The summed E-state index contributed by atoms with van der Waals surface area (Å²) >= 11 is 6.71. The Hall–Kier alpha value is -4.45. The molecule has 4 rings (SSSR count). The fraction of sp³-hybridized carbons (Fsp3) is 0.457. The summed E-state index contributed by atoms with van der Waals surface area (Å²) in [6, 6.07) is 2.73. The SMILES string of the molecule is C=NN(/C=C(\N)C(=O)N[C@H]1CCCC(CC)C(=O)NC2C=C(NC(=O)OC)C=CC2c2ccnc1c2)C1=CC=CC(C)(C)C(C)(Cl)C1F. The number of nitrogens with zero attached hydrogens (tertiary/aromatic N) is 3. The van der Waals surface area contributed by atoms with Gasteiger partial charge in [-0.2, -0.15) is 5.10 Å². The molecule has 2 bridgehead atoms. The van der Waals surface area contributed by atoms with E-state index in [1.165, 1.54) is 19.4 Å². The molecule has 5 N–H and O–H groups in total. The highest BCUT2D eigenvalue weighted by atomic mass is 35.5. The molecule has 0 radical (unpaired) electrons. The van der Waals surface area contributed by atoms with Gasteiger partial charge in [0.2, 0.25) is 5.91 Å². The summed E-state index contributed by atoms with van der Waals surface area (Å²) in [6.07, 6.45) is 13.4. The van der Waals surface area contributed by atoms with Crippen molar-refractivity contribution < 1.29 is 23.5 Å². The lowest BCUT2D eigenvalue weighted by atomic mass is 9.76. The van der Waals surface area contributed by atoms with E-state index >= 15 is 4.39 Å². The molecule has 6 atom stereocenters. The molecule has 3 amide bonds. The number of ether oxygens (including phenoxy) is 1. The van der Waals surface area contributed by atoms with Crippen molar-refractivity contribution in [2.24, 2.45) is 22.2 Å². The number of hydrogen-bond donors (Lipinski definition) is 4. The number of halogens is 2. The molecule has 48 heavy (non-hydrogen) atoms. The number of methoxy groups -OCH3 is 1. The highest BCUT2D eigenvalue weighted by Crippen LogP contribution is 2.46. The number of nitrogens with two attached hydrogens (primary N) is 1. The number of alkyl carbamates (subject to hydrolysis) is 1. The zero-order valence-electron chi connectivity index (χ0n) is 28.0. The number of nitrogens with one attached hydrogen (secondary N) is 3. The summed E-state index contributed by atoms with van der Waals surface area (Å²) in [5.41, 5.74) is 7.40. The van der Waals surface area contributed by atoms with Crippen molar-refractivity contribution in [1.82, 2.24) is 25.9 Å². The van der Waals surface area contributed by atoms with Crippen molar-refractivity contribution in [2.75, 3.05) is 7.11 Å². The third-order valence-corrected chi connectivity index (χ3v) is 10.1. The number of aromatic nitrogens is 1. The number of alkyl halides is 2. The average Bonchev–Trinajstić information content (AvgIpc) is 3.13. The molecule has 2 heterocycles. The molecule has 1 aromatic heterocycles. The van der Waals surface area contributed by atoms with Crippen LogP contribution in [-0.2, 0) is 14.3 Å². The average molecular weight is 682 g/mol. The fourth-order valence-electron chi connectivity index (χ4n) is 5.97. The first kappa shape index (κ1) is 36.4. The Morgan fingerprint density at radius 1 is 1.33 bits per heavy atom. The van der Waals surface area contributed by atoms with Crippen LogP contribution >= 0.6 is 11.6 Å². The minimum atomic E-state index is -1.66. The van der Waals surface area contributed by atoms with Crippen LogP contribution in [0, 0.1) is 11.3 Å². The van der Waals surface area contributed by atoms with E-state index in [4.69, 9.17) is 22.1 Å². The summed E-state index contributed by atoms with van der Waals surface area (Å²) < 4.78 is 20.6. The second-order valence-corrected chi connectivity index (χ2v) is 13.7. The Morgan fingerprint density at radius 3 is 2.77 bits per heavy atom. The van der Waals surface area contributed by atoms with E-state index in [0.717, 1.165) is 10.6 Å². The predicted molar refractivity (Wildman–Crippen MR) is 184 cm³/mol. The van der Waals surface area contributed by atoms with E-state index in [9.17, 15) is 14.4 Å². The zero-order chi connectivity index (χ0) is 35.2. The highest BCUT2D eigenvalue weighted by Gasteiger charge is 2.48. The molecule has 0 spiro atoms. The molecule has 0 saturated carbocycles. The maximum atomic E-state index is 15.9. The van der Waals surface area contributed by atoms with Gasteiger partial charge < -0.3 is 21.1 Å². The molecule has 258 valence electrons. The van der Waals surface area contributed by atoms with Crippen molar-refractivity contribution in [3.63, 3.8) is 0 Å². The Labute approximate surface area is 286 Å². The van der Waals surface area contributed by atoms with Gasteiger partial charge in [-0.05, 0) is 62.1 Å². The molecule has 13 heteroatoms. The van der Waals surface area contributed by atoms with Crippen molar-refractivity contribution in [1.29, 1.82) is 0 Å². The van der Waals surface area contributed by atoms with Crippen molar-refractivity contribution in [2.45, 2.75) is 82.4 Å². The second-order valence-electron chi connectivity index (χ2n) is 12.9. The van der Waals surface area contributed by atoms with Gasteiger partial charge in [0, 0.05) is 35.9 Å². The standard InChI is InChI=1S/C35H45ClFN7O4/c1-7-21-10-8-11-26(42-32(46)25(38)20-44(39-5)29-12-9-16-34(2,3)35(4,36)30(29)37)28-18-22(15-17-40-28)24-14-13-23(41-33(47)48-6)19-27(24)43-31(21)45/h9,12-21,24,26-27,30H,5,7-8,10-11,38H2,1-4,6H3,(H,41,47)(H,42,46)(H,43,45)/b25-20-/t21?,24?,26-,27?,30?,35?/m0/s1. The molecule has 3 aliphatic rings. The lowest BCUT2D eigenvalue weighted by molar-refractivity contribution is -0.126. The van der Waals surface area contributed by atoms with Crippen LogP contribution in [0.25, 0.3) is 0 Å². The van der Waals surface area contributed by atoms with Crippen LogP contribution in [0.2, 0.25) is 0 Å². The first-order valence-corrected chi connectivity index (χ1v) is 16.4. The maximum Gasteiger partial charge on any atom is 0.411 e. The highest BCUT2D eigenvalue weighted by molar-refractivity contribution is 6.25. The van der Waals surface area contributed by atoms with Gasteiger partial charge in [0.25, 0.3) is 5.91 Å². The summed E-state index contributed by atoms with van der Waals surface area (Å²) in [5, 5.41) is 13.9. The van der Waals surface area contributed by atoms with Crippen LogP contribution in [0.15, 0.2) is 83.2 Å². The minimum Gasteiger partial charge on any atom is -0.453 e. The number of pyridine rings is 1. The van der Waals surface area contributed by atoms with Gasteiger partial charge in [0.05, 0.1) is 41.7 Å². The molecule has 0 saturated heterocycles. The number of fused-ring (bicyclic) bond motifs is 4. The fourth-order valence-corrected chi connectivity index (χ4v) is 6.15. The van der Waals surface area contributed by atoms with E-state index in [2.05, 4.69) is 32.8 Å². The molecule has 11 nitrogen and oxygen atoms in total.